The fraction of sp³-hybridized carbons (Fsp3) is 0.909. The molecule has 2 atom stereocenters. The van der Waals surface area contributed by atoms with Gasteiger partial charge in [0.2, 0.25) is 5.91 Å². The first-order chi connectivity index (χ1) is 6.69. The second-order valence-corrected chi connectivity index (χ2v) is 4.25. The first-order valence-corrected chi connectivity index (χ1v) is 5.65. The van der Waals surface area contributed by atoms with Crippen molar-refractivity contribution in [1.29, 1.82) is 0 Å². The van der Waals surface area contributed by atoms with Crippen molar-refractivity contribution in [2.24, 2.45) is 5.92 Å². The molecule has 1 fully saturated rings. The van der Waals surface area contributed by atoms with Gasteiger partial charge in [0.15, 0.2) is 0 Å². The van der Waals surface area contributed by atoms with Gasteiger partial charge < -0.3 is 10.2 Å². The second-order valence-electron chi connectivity index (χ2n) is 4.25. The van der Waals surface area contributed by atoms with Crippen LogP contribution in [0, 0.1) is 5.92 Å². The Labute approximate surface area is 86.9 Å². The molecule has 1 saturated heterocycles. The van der Waals surface area contributed by atoms with Crippen LogP contribution in [0.2, 0.25) is 0 Å². The number of carbonyl (C=O) groups is 1. The lowest BCUT2D eigenvalue weighted by molar-refractivity contribution is -0.134. The molecule has 0 aromatic rings. The Hall–Kier alpha value is -0.570. The molecule has 0 aliphatic carbocycles. The van der Waals surface area contributed by atoms with Gasteiger partial charge in [-0.25, -0.2) is 0 Å². The van der Waals surface area contributed by atoms with E-state index in [0.717, 1.165) is 32.4 Å². The van der Waals surface area contributed by atoms with E-state index in [9.17, 15) is 4.79 Å². The highest BCUT2D eigenvalue weighted by Gasteiger charge is 2.27. The largest absolute Gasteiger partial charge is 0.341 e. The summed E-state index contributed by atoms with van der Waals surface area (Å²) in [4.78, 5) is 13.9. The lowest BCUT2D eigenvalue weighted by Crippen LogP contribution is -2.36. The third kappa shape index (κ3) is 2.71. The first kappa shape index (κ1) is 11.5. The zero-order chi connectivity index (χ0) is 10.6. The van der Waals surface area contributed by atoms with Gasteiger partial charge in [0.1, 0.15) is 0 Å². The molecule has 1 N–H and O–H groups in total. The summed E-state index contributed by atoms with van der Waals surface area (Å²) < 4.78 is 0. The highest BCUT2D eigenvalue weighted by Crippen LogP contribution is 2.15. The molecular weight excluding hydrogens is 176 g/mol. The molecule has 1 heterocycles. The summed E-state index contributed by atoms with van der Waals surface area (Å²) in [5.41, 5.74) is 0. The number of rotatable bonds is 4. The van der Waals surface area contributed by atoms with Crippen molar-refractivity contribution < 1.29 is 4.79 Å². The smallest absolute Gasteiger partial charge is 0.225 e. The van der Waals surface area contributed by atoms with Gasteiger partial charge in [-0.1, -0.05) is 20.3 Å². The molecule has 3 nitrogen and oxygen atoms in total. The fourth-order valence-corrected chi connectivity index (χ4v) is 2.06. The predicted octanol–water partition coefficient (Wildman–Crippen LogP) is 1.24. The van der Waals surface area contributed by atoms with Crippen LogP contribution < -0.4 is 5.32 Å². The zero-order valence-corrected chi connectivity index (χ0v) is 9.55. The van der Waals surface area contributed by atoms with Gasteiger partial charge in [0.05, 0.1) is 0 Å². The third-order valence-electron chi connectivity index (χ3n) is 3.05. The van der Waals surface area contributed by atoms with E-state index < -0.39 is 0 Å². The number of likely N-dealkylation sites (tertiary alicyclic amines) is 1. The number of likely N-dealkylation sites (N-methyl/N-ethyl adjacent to an activating group) is 1. The van der Waals surface area contributed by atoms with E-state index in [0.29, 0.717) is 11.9 Å². The van der Waals surface area contributed by atoms with Gasteiger partial charge in [-0.15, -0.1) is 0 Å². The van der Waals surface area contributed by atoms with E-state index in [1.165, 1.54) is 0 Å². The summed E-state index contributed by atoms with van der Waals surface area (Å²) in [5, 5.41) is 3.23. The Kier molecular flexibility index (Phi) is 4.39. The van der Waals surface area contributed by atoms with E-state index in [-0.39, 0.29) is 5.92 Å². The molecule has 0 saturated carbocycles. The molecule has 1 amide bonds. The van der Waals surface area contributed by atoms with Crippen molar-refractivity contribution in [2.75, 3.05) is 20.1 Å². The second kappa shape index (κ2) is 5.35. The number of hydrogen-bond donors (Lipinski definition) is 1. The molecule has 2 unspecified atom stereocenters. The minimum Gasteiger partial charge on any atom is -0.341 e. The lowest BCUT2D eigenvalue weighted by Gasteiger charge is -2.20. The average molecular weight is 198 g/mol. The van der Waals surface area contributed by atoms with Crippen molar-refractivity contribution >= 4 is 5.91 Å². The summed E-state index contributed by atoms with van der Waals surface area (Å²) >= 11 is 0. The number of hydrogen-bond acceptors (Lipinski definition) is 2. The fourth-order valence-electron chi connectivity index (χ4n) is 2.06. The van der Waals surface area contributed by atoms with Gasteiger partial charge in [-0.2, -0.15) is 0 Å². The first-order valence-electron chi connectivity index (χ1n) is 5.65. The Morgan fingerprint density at radius 1 is 1.64 bits per heavy atom. The summed E-state index contributed by atoms with van der Waals surface area (Å²) in [6, 6.07) is 0.507. The molecule has 0 bridgehead atoms. The number of nitrogens with zero attached hydrogens (tertiary/aromatic N) is 1. The van der Waals surface area contributed by atoms with E-state index in [2.05, 4.69) is 12.2 Å². The van der Waals surface area contributed by atoms with Gasteiger partial charge >= 0.3 is 0 Å². The SMILES string of the molecule is CCCC(C)C(=O)N1CCC(NC)C1. The topological polar surface area (TPSA) is 32.3 Å². The van der Waals surface area contributed by atoms with Gasteiger partial charge in [0.25, 0.3) is 0 Å². The van der Waals surface area contributed by atoms with Crippen LogP contribution in [0.4, 0.5) is 0 Å². The maximum absolute atomic E-state index is 11.9. The predicted molar refractivity (Wildman–Crippen MR) is 58.1 cm³/mol. The van der Waals surface area contributed by atoms with Crippen LogP contribution in [0.3, 0.4) is 0 Å². The van der Waals surface area contributed by atoms with Gasteiger partial charge in [0, 0.05) is 25.0 Å². The van der Waals surface area contributed by atoms with Crippen LogP contribution >= 0.6 is 0 Å². The number of nitrogens with one attached hydrogen (secondary N) is 1. The molecule has 82 valence electrons. The molecule has 14 heavy (non-hydrogen) atoms. The molecular formula is C11H22N2O. The maximum atomic E-state index is 11.9. The van der Waals surface area contributed by atoms with Crippen LogP contribution in [0.5, 0.6) is 0 Å². The summed E-state index contributed by atoms with van der Waals surface area (Å²) in [7, 11) is 1.97. The summed E-state index contributed by atoms with van der Waals surface area (Å²) in [6.07, 6.45) is 3.21. The van der Waals surface area contributed by atoms with Crippen molar-refractivity contribution in [3.63, 3.8) is 0 Å². The Balaban J connectivity index is 2.38. The summed E-state index contributed by atoms with van der Waals surface area (Å²) in [6.45, 7) is 5.99. The van der Waals surface area contributed by atoms with Crippen molar-refractivity contribution in [3.05, 3.63) is 0 Å². The van der Waals surface area contributed by atoms with Crippen LogP contribution in [-0.4, -0.2) is 37.0 Å². The Morgan fingerprint density at radius 2 is 2.36 bits per heavy atom. The molecule has 1 aliphatic rings. The molecule has 3 heteroatoms. The minimum atomic E-state index is 0.204. The van der Waals surface area contributed by atoms with Crippen LogP contribution in [0.15, 0.2) is 0 Å². The highest BCUT2D eigenvalue weighted by atomic mass is 16.2. The molecule has 0 aromatic heterocycles. The zero-order valence-electron chi connectivity index (χ0n) is 9.55. The molecule has 0 aromatic carbocycles. The summed E-state index contributed by atoms with van der Waals surface area (Å²) in [5.74, 6) is 0.542. The molecule has 0 radical (unpaired) electrons. The Bertz CT molecular complexity index is 194. The third-order valence-corrected chi connectivity index (χ3v) is 3.05. The highest BCUT2D eigenvalue weighted by molar-refractivity contribution is 5.78. The molecule has 1 aliphatic heterocycles. The van der Waals surface area contributed by atoms with Crippen molar-refractivity contribution in [3.8, 4) is 0 Å². The maximum Gasteiger partial charge on any atom is 0.225 e. The van der Waals surface area contributed by atoms with E-state index in [4.69, 9.17) is 0 Å². The minimum absolute atomic E-state index is 0.204. The average Bonchev–Trinajstić information content (AvgIpc) is 2.65. The standard InChI is InChI=1S/C11H22N2O/c1-4-5-9(2)11(14)13-7-6-10(8-13)12-3/h9-10,12H,4-8H2,1-3H3. The van der Waals surface area contributed by atoms with Gasteiger partial charge in [-0.05, 0) is 19.9 Å². The van der Waals surface area contributed by atoms with Crippen molar-refractivity contribution in [1.82, 2.24) is 10.2 Å². The van der Waals surface area contributed by atoms with E-state index in [1.54, 1.807) is 0 Å². The normalized spacial score (nSPS) is 23.9. The van der Waals surface area contributed by atoms with Crippen LogP contribution in [-0.2, 0) is 4.79 Å². The van der Waals surface area contributed by atoms with Crippen molar-refractivity contribution in [2.45, 2.75) is 39.2 Å². The quantitative estimate of drug-likeness (QED) is 0.737. The van der Waals surface area contributed by atoms with Crippen LogP contribution in [0.1, 0.15) is 33.1 Å². The monoisotopic (exact) mass is 198 g/mol. The molecule has 0 spiro atoms. The Morgan fingerprint density at radius 3 is 2.86 bits per heavy atom. The van der Waals surface area contributed by atoms with Crippen LogP contribution in [0.25, 0.3) is 0 Å². The van der Waals surface area contributed by atoms with Gasteiger partial charge in [-0.3, -0.25) is 4.79 Å². The van der Waals surface area contributed by atoms with E-state index in [1.807, 2.05) is 18.9 Å². The lowest BCUT2D eigenvalue weighted by atomic mass is 10.1. The number of carbonyl (C=O) groups excluding carboxylic acids is 1. The van der Waals surface area contributed by atoms with E-state index >= 15 is 0 Å². The number of amides is 1. The molecule has 1 rings (SSSR count).